The van der Waals surface area contributed by atoms with E-state index in [4.69, 9.17) is 5.11 Å². The van der Waals surface area contributed by atoms with Crippen LogP contribution in [0, 0.1) is 5.92 Å². The van der Waals surface area contributed by atoms with E-state index < -0.39 is 0 Å². The first-order valence-corrected chi connectivity index (χ1v) is 7.23. The number of unbranched alkanes of at least 4 members (excludes halogenated alkanes) is 9. The largest absolute Gasteiger partial charge is 0.396 e. The van der Waals surface area contributed by atoms with Gasteiger partial charge in [0.05, 0.1) is 0 Å². The molecule has 0 saturated carbocycles. The van der Waals surface area contributed by atoms with Crippen LogP contribution in [-0.2, 0) is 0 Å². The monoisotopic (exact) mass is 227 g/mol. The summed E-state index contributed by atoms with van der Waals surface area (Å²) in [6, 6.07) is 0. The Morgan fingerprint density at radius 2 is 1.19 bits per heavy atom. The van der Waals surface area contributed by atoms with Crippen LogP contribution in [0.1, 0.15) is 84.5 Å². The third kappa shape index (κ3) is 12.0. The SMILES string of the molecule is CCCCCCCCCCCC[C](C)CO. The molecule has 1 heteroatoms. The standard InChI is InChI=1S/C15H31O/c1-3-4-5-6-7-8-9-10-11-12-13-15(2)14-16/h16H,3-14H2,1-2H3. The van der Waals surface area contributed by atoms with Gasteiger partial charge in [0.15, 0.2) is 0 Å². The number of hydrogen-bond donors (Lipinski definition) is 1. The van der Waals surface area contributed by atoms with Crippen molar-refractivity contribution in [3.8, 4) is 0 Å². The summed E-state index contributed by atoms with van der Waals surface area (Å²) in [5, 5.41) is 8.84. The first kappa shape index (κ1) is 16.0. The summed E-state index contributed by atoms with van der Waals surface area (Å²) in [6.45, 7) is 4.59. The van der Waals surface area contributed by atoms with Crippen LogP contribution in [0.25, 0.3) is 0 Å². The molecule has 0 aromatic carbocycles. The summed E-state index contributed by atoms with van der Waals surface area (Å²) >= 11 is 0. The van der Waals surface area contributed by atoms with Crippen LogP contribution in [-0.4, -0.2) is 11.7 Å². The Morgan fingerprint density at radius 3 is 1.62 bits per heavy atom. The van der Waals surface area contributed by atoms with Crippen molar-refractivity contribution in [3.63, 3.8) is 0 Å². The van der Waals surface area contributed by atoms with E-state index in [9.17, 15) is 0 Å². The summed E-state index contributed by atoms with van der Waals surface area (Å²) in [5.74, 6) is 1.24. The summed E-state index contributed by atoms with van der Waals surface area (Å²) in [4.78, 5) is 0. The molecular formula is C15H31O. The highest BCUT2D eigenvalue weighted by molar-refractivity contribution is 4.81. The molecule has 0 aliphatic carbocycles. The number of aliphatic hydroxyl groups excluding tert-OH is 1. The zero-order valence-electron chi connectivity index (χ0n) is 11.4. The smallest absolute Gasteiger partial charge is 0.0490 e. The van der Waals surface area contributed by atoms with Crippen molar-refractivity contribution in [1.29, 1.82) is 0 Å². The lowest BCUT2D eigenvalue weighted by atomic mass is 10.0. The van der Waals surface area contributed by atoms with Gasteiger partial charge < -0.3 is 5.11 Å². The second-order valence-corrected chi connectivity index (χ2v) is 5.05. The maximum absolute atomic E-state index is 8.84. The normalized spacial score (nSPS) is 11.2. The van der Waals surface area contributed by atoms with Gasteiger partial charge in [-0.05, 0) is 12.3 Å². The molecule has 0 amide bonds. The Balaban J connectivity index is 2.93. The van der Waals surface area contributed by atoms with E-state index in [0.29, 0.717) is 0 Å². The van der Waals surface area contributed by atoms with Crippen molar-refractivity contribution in [2.24, 2.45) is 0 Å². The molecule has 1 nitrogen and oxygen atoms in total. The van der Waals surface area contributed by atoms with Crippen molar-refractivity contribution in [2.45, 2.75) is 84.5 Å². The fourth-order valence-corrected chi connectivity index (χ4v) is 1.99. The van der Waals surface area contributed by atoms with E-state index in [1.165, 1.54) is 70.1 Å². The van der Waals surface area contributed by atoms with Crippen molar-refractivity contribution in [1.82, 2.24) is 0 Å². The Kier molecular flexibility index (Phi) is 13.0. The molecule has 0 aromatic heterocycles. The van der Waals surface area contributed by atoms with Crippen LogP contribution in [0.3, 0.4) is 0 Å². The van der Waals surface area contributed by atoms with Crippen LogP contribution >= 0.6 is 0 Å². The third-order valence-electron chi connectivity index (χ3n) is 3.23. The number of rotatable bonds is 12. The molecule has 0 spiro atoms. The molecule has 0 unspecified atom stereocenters. The van der Waals surface area contributed by atoms with Crippen LogP contribution in [0.2, 0.25) is 0 Å². The van der Waals surface area contributed by atoms with Crippen molar-refractivity contribution < 1.29 is 5.11 Å². The van der Waals surface area contributed by atoms with E-state index >= 15 is 0 Å². The van der Waals surface area contributed by atoms with Crippen LogP contribution in [0.4, 0.5) is 0 Å². The highest BCUT2D eigenvalue weighted by Crippen LogP contribution is 2.14. The van der Waals surface area contributed by atoms with Gasteiger partial charge in [0.1, 0.15) is 0 Å². The lowest BCUT2D eigenvalue weighted by Gasteiger charge is -2.06. The molecule has 0 fully saturated rings. The lowest BCUT2D eigenvalue weighted by Crippen LogP contribution is -1.97. The van der Waals surface area contributed by atoms with E-state index in [1.54, 1.807) is 0 Å². The molecule has 1 N–H and O–H groups in total. The Morgan fingerprint density at radius 1 is 0.750 bits per heavy atom. The molecule has 0 aliphatic rings. The molecule has 0 aromatic rings. The first-order chi connectivity index (χ1) is 7.81. The highest BCUT2D eigenvalue weighted by atomic mass is 16.3. The van der Waals surface area contributed by atoms with Gasteiger partial charge in [-0.25, -0.2) is 0 Å². The predicted octanol–water partition coefficient (Wildman–Crippen LogP) is 4.88. The zero-order chi connectivity index (χ0) is 12.1. The minimum Gasteiger partial charge on any atom is -0.396 e. The van der Waals surface area contributed by atoms with Crippen LogP contribution in [0.5, 0.6) is 0 Å². The third-order valence-corrected chi connectivity index (χ3v) is 3.23. The topological polar surface area (TPSA) is 20.2 Å². The second-order valence-electron chi connectivity index (χ2n) is 5.05. The molecule has 97 valence electrons. The summed E-state index contributed by atoms with van der Waals surface area (Å²) in [6.07, 6.45) is 15.0. The van der Waals surface area contributed by atoms with Gasteiger partial charge in [0.2, 0.25) is 0 Å². The van der Waals surface area contributed by atoms with E-state index in [0.717, 1.165) is 6.42 Å². The van der Waals surface area contributed by atoms with E-state index in [1.807, 2.05) is 6.92 Å². The van der Waals surface area contributed by atoms with Gasteiger partial charge in [-0.1, -0.05) is 78.1 Å². The molecule has 0 atom stereocenters. The predicted molar refractivity (Wildman–Crippen MR) is 72.5 cm³/mol. The van der Waals surface area contributed by atoms with Crippen molar-refractivity contribution in [3.05, 3.63) is 5.92 Å². The zero-order valence-corrected chi connectivity index (χ0v) is 11.4. The van der Waals surface area contributed by atoms with Gasteiger partial charge in [-0.15, -0.1) is 0 Å². The van der Waals surface area contributed by atoms with E-state index in [-0.39, 0.29) is 6.61 Å². The summed E-state index contributed by atoms with van der Waals surface area (Å²) in [7, 11) is 0. The number of aliphatic hydroxyl groups is 1. The maximum atomic E-state index is 8.84. The van der Waals surface area contributed by atoms with Crippen LogP contribution in [0.15, 0.2) is 0 Å². The molecular weight excluding hydrogens is 196 g/mol. The molecule has 0 saturated heterocycles. The van der Waals surface area contributed by atoms with Gasteiger partial charge in [0, 0.05) is 6.61 Å². The van der Waals surface area contributed by atoms with E-state index in [2.05, 4.69) is 6.92 Å². The van der Waals surface area contributed by atoms with Gasteiger partial charge in [-0.2, -0.15) is 0 Å². The Bertz CT molecular complexity index is 123. The lowest BCUT2D eigenvalue weighted by molar-refractivity contribution is 0.301. The maximum Gasteiger partial charge on any atom is 0.0490 e. The average Bonchev–Trinajstić information content (AvgIpc) is 2.31. The quantitative estimate of drug-likeness (QED) is 0.471. The van der Waals surface area contributed by atoms with Gasteiger partial charge in [0.25, 0.3) is 0 Å². The van der Waals surface area contributed by atoms with Crippen molar-refractivity contribution >= 4 is 0 Å². The van der Waals surface area contributed by atoms with Crippen molar-refractivity contribution in [2.75, 3.05) is 6.61 Å². The summed E-state index contributed by atoms with van der Waals surface area (Å²) in [5.41, 5.74) is 0. The minimum atomic E-state index is 0.275. The highest BCUT2D eigenvalue weighted by Gasteiger charge is 1.99. The molecule has 16 heavy (non-hydrogen) atoms. The fraction of sp³-hybridized carbons (Fsp3) is 0.933. The molecule has 0 rings (SSSR count). The summed E-state index contributed by atoms with van der Waals surface area (Å²) < 4.78 is 0. The number of hydrogen-bond acceptors (Lipinski definition) is 1. The molecule has 0 aliphatic heterocycles. The van der Waals surface area contributed by atoms with Gasteiger partial charge in [-0.3, -0.25) is 0 Å². The Labute approximate surface area is 103 Å². The van der Waals surface area contributed by atoms with Crippen LogP contribution < -0.4 is 0 Å². The fourth-order valence-electron chi connectivity index (χ4n) is 1.99. The first-order valence-electron chi connectivity index (χ1n) is 7.23. The minimum absolute atomic E-state index is 0.275. The van der Waals surface area contributed by atoms with Gasteiger partial charge >= 0.3 is 0 Å². The average molecular weight is 227 g/mol. The second kappa shape index (κ2) is 13.0. The Hall–Kier alpha value is -0.0400. The molecule has 0 heterocycles. The molecule has 0 bridgehead atoms. The molecule has 1 radical (unpaired) electrons.